The van der Waals surface area contributed by atoms with Crippen LogP contribution in [0.1, 0.15) is 154 Å². The van der Waals surface area contributed by atoms with E-state index in [0.717, 1.165) is 128 Å². The van der Waals surface area contributed by atoms with Gasteiger partial charge >= 0.3 is 0 Å². The van der Waals surface area contributed by atoms with Crippen LogP contribution in [0.15, 0.2) is 105 Å². The molecule has 2 aromatic rings. The molecule has 6 N–H and O–H groups in total. The first kappa shape index (κ1) is 65.1. The summed E-state index contributed by atoms with van der Waals surface area (Å²) in [6.07, 6.45) is 24.3. The highest BCUT2D eigenvalue weighted by molar-refractivity contribution is 7.94. The van der Waals surface area contributed by atoms with E-state index in [1.54, 1.807) is 6.07 Å². The zero-order chi connectivity index (χ0) is 59.0. The minimum atomic E-state index is -4.52. The number of rotatable bonds is 34. The van der Waals surface area contributed by atoms with Crippen molar-refractivity contribution in [2.45, 2.75) is 164 Å². The van der Waals surface area contributed by atoms with Gasteiger partial charge in [-0.3, -0.25) is 32.9 Å². The highest BCUT2D eigenvalue weighted by Gasteiger charge is 2.45. The standard InChI is InChI=1S/C57H79N5O15S4/c1-56(2)46-40-44(78-77-76-66)25-27-48(46)60(35-15-17-38-79(67,68)69)50(56)29-23-42-20-19-21-43(24-30-51-57(3,4)47-41-45(81(73,74)75)26-28-49(47)61(51)36-16-18-39-80(70,71)72)55(42)59-34-12-10-8-6-5-7-9-11-22-52(63)58-33-13-14-37-62-53(64)31-32-54(62)65/h23-32,40-41H,5-22,33-39H2,1-4H3,(H5,58,63,66,67,68,69,70,71,72,73,74,75)/p+1/b43-24+,51-30?. The number of fused-ring (bicyclic) bond motifs is 2. The number of imide groups is 1. The van der Waals surface area contributed by atoms with Gasteiger partial charge in [-0.2, -0.15) is 29.8 Å². The van der Waals surface area contributed by atoms with Crippen molar-refractivity contribution in [1.29, 1.82) is 0 Å². The third kappa shape index (κ3) is 18.7. The quantitative estimate of drug-likeness (QED) is 0.00723. The van der Waals surface area contributed by atoms with E-state index in [2.05, 4.69) is 52.3 Å². The summed E-state index contributed by atoms with van der Waals surface area (Å²) in [6, 6.07) is 10.2. The smallest absolute Gasteiger partial charge is 0.294 e. The molecule has 0 unspecified atom stereocenters. The Balaban J connectivity index is 1.19. The van der Waals surface area contributed by atoms with Crippen LogP contribution in [0.2, 0.25) is 0 Å². The molecule has 446 valence electrons. The van der Waals surface area contributed by atoms with Gasteiger partial charge in [-0.15, -0.1) is 4.33 Å². The normalized spacial score (nSPS) is 18.1. The highest BCUT2D eigenvalue weighted by Crippen LogP contribution is 2.49. The van der Waals surface area contributed by atoms with Crippen LogP contribution in [0, 0.1) is 0 Å². The number of unbranched alkanes of at least 4 members (excludes halogenated alkanes) is 10. The van der Waals surface area contributed by atoms with Gasteiger partial charge in [-0.25, -0.2) is 5.26 Å². The molecule has 2 aromatic carbocycles. The molecule has 0 saturated carbocycles. The van der Waals surface area contributed by atoms with Crippen LogP contribution in [0.4, 0.5) is 11.4 Å². The molecule has 0 fully saturated rings. The third-order valence-electron chi connectivity index (χ3n) is 15.3. The Morgan fingerprint density at radius 2 is 1.33 bits per heavy atom. The first-order chi connectivity index (χ1) is 38.3. The number of hydrogen-bond acceptors (Lipinski definition) is 15. The van der Waals surface area contributed by atoms with E-state index in [0.29, 0.717) is 75.3 Å². The zero-order valence-electron chi connectivity index (χ0n) is 46.9. The monoisotopic (exact) mass is 1200 g/mol. The average Bonchev–Trinajstić information content (AvgIpc) is 3.83. The summed E-state index contributed by atoms with van der Waals surface area (Å²) in [5.41, 5.74) is 6.94. The first-order valence-corrected chi connectivity index (χ1v) is 33.3. The van der Waals surface area contributed by atoms with Crippen LogP contribution in [0.25, 0.3) is 0 Å². The summed E-state index contributed by atoms with van der Waals surface area (Å²) >= 11 is 0.857. The van der Waals surface area contributed by atoms with E-state index >= 15 is 0 Å². The topological polar surface area (TPSA) is 287 Å². The van der Waals surface area contributed by atoms with E-state index in [1.165, 1.54) is 29.2 Å². The fourth-order valence-electron chi connectivity index (χ4n) is 11.1. The maximum atomic E-state index is 12.4. The lowest BCUT2D eigenvalue weighted by Crippen LogP contribution is -2.31. The molecule has 4 aliphatic rings. The number of allylic oxidation sites excluding steroid dienone is 7. The number of hydrogen-bond donors (Lipinski definition) is 6. The third-order valence-corrected chi connectivity index (χ3v) is 18.4. The highest BCUT2D eigenvalue weighted by atomic mass is 32.2. The van der Waals surface area contributed by atoms with E-state index in [-0.39, 0.29) is 41.2 Å². The van der Waals surface area contributed by atoms with Crippen molar-refractivity contribution in [3.05, 3.63) is 107 Å². The van der Waals surface area contributed by atoms with Gasteiger partial charge in [-0.05, 0) is 131 Å². The lowest BCUT2D eigenvalue weighted by Gasteiger charge is -2.28. The number of carbonyl (C=O) groups is 3. The van der Waals surface area contributed by atoms with E-state index in [1.807, 2.05) is 43.0 Å². The molecule has 24 heteroatoms. The summed E-state index contributed by atoms with van der Waals surface area (Å²) in [4.78, 5) is 39.5. The molecule has 6 rings (SSSR count). The van der Waals surface area contributed by atoms with Gasteiger partial charge < -0.3 is 15.5 Å². The van der Waals surface area contributed by atoms with Crippen molar-refractivity contribution in [1.82, 2.24) is 15.5 Å². The lowest BCUT2D eigenvalue weighted by atomic mass is 9.81. The number of amides is 3. The number of benzene rings is 2. The number of nitrogens with one attached hydrogen (secondary N) is 2. The molecule has 0 saturated heterocycles. The summed E-state index contributed by atoms with van der Waals surface area (Å²) in [6.45, 7) is 10.6. The van der Waals surface area contributed by atoms with Gasteiger partial charge in [-0.1, -0.05) is 69.6 Å². The summed E-state index contributed by atoms with van der Waals surface area (Å²) in [7, 11) is -12.8. The van der Waals surface area contributed by atoms with E-state index in [4.69, 9.17) is 9.59 Å². The zero-order valence-corrected chi connectivity index (χ0v) is 50.1. The van der Waals surface area contributed by atoms with Crippen LogP contribution in [-0.2, 0) is 64.9 Å². The largest absolute Gasteiger partial charge is 0.385 e. The fourth-order valence-corrected chi connectivity index (χ4v) is 13.1. The Hall–Kier alpha value is -5.02. The van der Waals surface area contributed by atoms with Crippen molar-refractivity contribution in [3.63, 3.8) is 0 Å². The van der Waals surface area contributed by atoms with Gasteiger partial charge in [0.15, 0.2) is 5.71 Å². The maximum Gasteiger partial charge on any atom is 0.294 e. The molecule has 1 aliphatic carbocycles. The molecular formula is C57H80N5O15S4+. The van der Waals surface area contributed by atoms with Crippen LogP contribution >= 0.6 is 12.0 Å². The van der Waals surface area contributed by atoms with Crippen molar-refractivity contribution in [2.24, 2.45) is 0 Å². The SMILES string of the molecule is CC1(C)C(=C/C=C2\CCCC(C=CC3=[N+](CCCCS(=O)(=O)O)c4ccc(SOOO)cc4C3(C)C)=C2NCCCCCCCCCCC(=O)NCCCCN2C(=O)C=CC2=O)N(CCCCS(=O)(=O)O)c2ccc(S(=O)(=O)O)cc21. The molecule has 81 heavy (non-hydrogen) atoms. The Labute approximate surface area is 482 Å². The van der Waals surface area contributed by atoms with E-state index in [9.17, 15) is 53.3 Å². The summed E-state index contributed by atoms with van der Waals surface area (Å²) in [5, 5.41) is 19.5. The lowest BCUT2D eigenvalue weighted by molar-refractivity contribution is -0.438. The molecule has 0 radical (unpaired) electrons. The second-order valence-electron chi connectivity index (χ2n) is 22.0. The molecule has 0 atom stereocenters. The minimum Gasteiger partial charge on any atom is -0.385 e. The van der Waals surface area contributed by atoms with Crippen LogP contribution in [-0.4, -0.2) is 121 Å². The van der Waals surface area contributed by atoms with Crippen molar-refractivity contribution < 1.29 is 72.5 Å². The molecule has 3 aliphatic heterocycles. The van der Waals surface area contributed by atoms with Crippen LogP contribution in [0.3, 0.4) is 0 Å². The Morgan fingerprint density at radius 1 is 0.704 bits per heavy atom. The van der Waals surface area contributed by atoms with Gasteiger partial charge in [0, 0.05) is 96.3 Å². The number of carbonyl (C=O) groups excluding carboxylic acids is 3. The first-order valence-electron chi connectivity index (χ1n) is 27.9. The Bertz CT molecular complexity index is 3130. The molecule has 0 aromatic heterocycles. The van der Waals surface area contributed by atoms with Crippen LogP contribution in [0.5, 0.6) is 0 Å². The minimum absolute atomic E-state index is 0.00749. The van der Waals surface area contributed by atoms with E-state index < -0.39 is 46.9 Å². The predicted octanol–water partition coefficient (Wildman–Crippen LogP) is 9.60. The molecule has 3 amide bonds. The van der Waals surface area contributed by atoms with Gasteiger partial charge in [0.2, 0.25) is 11.6 Å². The summed E-state index contributed by atoms with van der Waals surface area (Å²) < 4.78 is 107. The Morgan fingerprint density at radius 3 is 2.00 bits per heavy atom. The van der Waals surface area contributed by atoms with Gasteiger partial charge in [0.25, 0.3) is 42.2 Å². The molecule has 0 bridgehead atoms. The van der Waals surface area contributed by atoms with Crippen LogP contribution < -0.4 is 15.5 Å². The van der Waals surface area contributed by atoms with Gasteiger partial charge in [0.05, 0.1) is 33.9 Å². The fraction of sp³-hybridized carbons (Fsp3) is 0.544. The second kappa shape index (κ2) is 29.5. The van der Waals surface area contributed by atoms with Crippen molar-refractivity contribution >= 4 is 77.2 Å². The number of nitrogens with zero attached hydrogens (tertiary/aromatic N) is 3. The van der Waals surface area contributed by atoms with Crippen molar-refractivity contribution in [3.8, 4) is 0 Å². The van der Waals surface area contributed by atoms with Crippen molar-refractivity contribution in [2.75, 3.05) is 49.1 Å². The predicted molar refractivity (Wildman–Crippen MR) is 312 cm³/mol. The average molecular weight is 1200 g/mol. The molecule has 3 heterocycles. The molecule has 0 spiro atoms. The molecule has 20 nitrogen and oxygen atoms in total. The van der Waals surface area contributed by atoms with Gasteiger partial charge in [0.1, 0.15) is 6.54 Å². The molecular weight excluding hydrogens is 1120 g/mol. The summed E-state index contributed by atoms with van der Waals surface area (Å²) in [5.74, 6) is -1.34. The number of anilines is 1. The Kier molecular flexibility index (Phi) is 23.7. The second-order valence-corrected chi connectivity index (χ2v) is 27.4. The maximum absolute atomic E-state index is 12.4.